The van der Waals surface area contributed by atoms with Crippen molar-refractivity contribution < 1.29 is 9.47 Å². The molecule has 1 aromatic carbocycles. The fourth-order valence-corrected chi connectivity index (χ4v) is 2.86. The standard InChI is InChI=1S/C17H28N2O2/c1-6-20-16-10-15(17(16,4)5)19-13-7-12(18)8-14(9-13)21-11(2)3/h7-9,11,15-16,19H,6,10,18H2,1-5H3. The molecule has 1 aliphatic rings. The third kappa shape index (κ3) is 3.62. The maximum atomic E-state index is 5.97. The van der Waals surface area contributed by atoms with E-state index in [1.54, 1.807) is 0 Å². The van der Waals surface area contributed by atoms with Crippen molar-refractivity contribution in [2.45, 2.75) is 59.3 Å². The van der Waals surface area contributed by atoms with Gasteiger partial charge in [0.1, 0.15) is 5.75 Å². The van der Waals surface area contributed by atoms with Crippen LogP contribution in [-0.2, 0) is 4.74 Å². The molecule has 0 aromatic heterocycles. The largest absolute Gasteiger partial charge is 0.491 e. The predicted octanol–water partition coefficient (Wildman–Crippen LogP) is 3.67. The van der Waals surface area contributed by atoms with Crippen LogP contribution in [0.25, 0.3) is 0 Å². The first kappa shape index (κ1) is 16.0. The van der Waals surface area contributed by atoms with Crippen molar-refractivity contribution in [3.05, 3.63) is 18.2 Å². The Morgan fingerprint density at radius 3 is 2.62 bits per heavy atom. The Bertz CT molecular complexity index is 486. The number of anilines is 2. The lowest BCUT2D eigenvalue weighted by Crippen LogP contribution is -2.58. The van der Waals surface area contributed by atoms with Gasteiger partial charge in [-0.25, -0.2) is 0 Å². The molecule has 0 heterocycles. The Balaban J connectivity index is 2.05. The molecule has 118 valence electrons. The van der Waals surface area contributed by atoms with Crippen molar-refractivity contribution in [2.24, 2.45) is 5.41 Å². The van der Waals surface area contributed by atoms with E-state index in [9.17, 15) is 0 Å². The van der Waals surface area contributed by atoms with Crippen LogP contribution in [0, 0.1) is 5.41 Å². The lowest BCUT2D eigenvalue weighted by Gasteiger charge is -2.52. The van der Waals surface area contributed by atoms with Gasteiger partial charge in [0, 0.05) is 41.6 Å². The Hall–Kier alpha value is -1.42. The molecule has 0 spiro atoms. The first-order chi connectivity index (χ1) is 9.82. The average molecular weight is 292 g/mol. The number of nitrogens with one attached hydrogen (secondary N) is 1. The molecule has 3 N–H and O–H groups in total. The summed E-state index contributed by atoms with van der Waals surface area (Å²) in [5.41, 5.74) is 7.82. The number of hydrogen-bond acceptors (Lipinski definition) is 4. The molecule has 0 amide bonds. The summed E-state index contributed by atoms with van der Waals surface area (Å²) in [6, 6.07) is 6.22. The van der Waals surface area contributed by atoms with E-state index < -0.39 is 0 Å². The third-order valence-corrected chi connectivity index (χ3v) is 4.19. The topological polar surface area (TPSA) is 56.5 Å². The van der Waals surface area contributed by atoms with E-state index in [-0.39, 0.29) is 11.5 Å². The summed E-state index contributed by atoms with van der Waals surface area (Å²) in [4.78, 5) is 0. The molecule has 1 saturated carbocycles. The van der Waals surface area contributed by atoms with Crippen LogP contribution in [0.15, 0.2) is 18.2 Å². The Morgan fingerprint density at radius 1 is 1.33 bits per heavy atom. The SMILES string of the molecule is CCOC1CC(Nc2cc(N)cc(OC(C)C)c2)C1(C)C. The molecule has 2 rings (SSSR count). The summed E-state index contributed by atoms with van der Waals surface area (Å²) < 4.78 is 11.5. The molecular formula is C17H28N2O2. The zero-order chi connectivity index (χ0) is 15.6. The number of rotatable bonds is 6. The van der Waals surface area contributed by atoms with Crippen LogP contribution in [0.3, 0.4) is 0 Å². The van der Waals surface area contributed by atoms with E-state index in [0.717, 1.165) is 24.5 Å². The highest BCUT2D eigenvalue weighted by Crippen LogP contribution is 2.44. The number of ether oxygens (including phenoxy) is 2. The smallest absolute Gasteiger partial charge is 0.123 e. The molecule has 2 atom stereocenters. The second-order valence-corrected chi connectivity index (χ2v) is 6.66. The zero-order valence-electron chi connectivity index (χ0n) is 13.8. The van der Waals surface area contributed by atoms with Gasteiger partial charge >= 0.3 is 0 Å². The minimum absolute atomic E-state index is 0.125. The van der Waals surface area contributed by atoms with Crippen molar-refractivity contribution >= 4 is 11.4 Å². The van der Waals surface area contributed by atoms with Gasteiger partial charge in [0.25, 0.3) is 0 Å². The average Bonchev–Trinajstić information content (AvgIpc) is 2.36. The van der Waals surface area contributed by atoms with Gasteiger partial charge in [0.15, 0.2) is 0 Å². The molecule has 4 heteroatoms. The van der Waals surface area contributed by atoms with Gasteiger partial charge in [-0.1, -0.05) is 13.8 Å². The van der Waals surface area contributed by atoms with Crippen LogP contribution in [-0.4, -0.2) is 24.9 Å². The van der Waals surface area contributed by atoms with E-state index in [4.69, 9.17) is 15.2 Å². The van der Waals surface area contributed by atoms with Gasteiger partial charge in [0.2, 0.25) is 0 Å². The van der Waals surface area contributed by atoms with Gasteiger partial charge in [-0.15, -0.1) is 0 Å². The quantitative estimate of drug-likeness (QED) is 0.785. The van der Waals surface area contributed by atoms with Crippen molar-refractivity contribution in [1.82, 2.24) is 0 Å². The monoisotopic (exact) mass is 292 g/mol. The van der Waals surface area contributed by atoms with E-state index in [1.165, 1.54) is 0 Å². The molecule has 0 radical (unpaired) electrons. The van der Waals surface area contributed by atoms with Crippen LogP contribution >= 0.6 is 0 Å². The minimum Gasteiger partial charge on any atom is -0.491 e. The Morgan fingerprint density at radius 2 is 2.05 bits per heavy atom. The lowest BCUT2D eigenvalue weighted by atomic mass is 9.64. The van der Waals surface area contributed by atoms with E-state index in [1.807, 2.05) is 39.0 Å². The van der Waals surface area contributed by atoms with Gasteiger partial charge in [0.05, 0.1) is 12.2 Å². The van der Waals surface area contributed by atoms with Crippen LogP contribution in [0.2, 0.25) is 0 Å². The zero-order valence-corrected chi connectivity index (χ0v) is 13.8. The van der Waals surface area contributed by atoms with Gasteiger partial charge < -0.3 is 20.5 Å². The number of nitrogen functional groups attached to an aromatic ring is 1. The highest BCUT2D eigenvalue weighted by atomic mass is 16.5. The minimum atomic E-state index is 0.125. The second-order valence-electron chi connectivity index (χ2n) is 6.66. The van der Waals surface area contributed by atoms with E-state index >= 15 is 0 Å². The fourth-order valence-electron chi connectivity index (χ4n) is 2.86. The molecule has 0 saturated heterocycles. The van der Waals surface area contributed by atoms with Crippen molar-refractivity contribution in [1.29, 1.82) is 0 Å². The maximum Gasteiger partial charge on any atom is 0.123 e. The van der Waals surface area contributed by atoms with Crippen LogP contribution in [0.1, 0.15) is 41.0 Å². The first-order valence-corrected chi connectivity index (χ1v) is 7.78. The summed E-state index contributed by atoms with van der Waals surface area (Å²) in [7, 11) is 0. The van der Waals surface area contributed by atoms with Crippen LogP contribution in [0.4, 0.5) is 11.4 Å². The Kier molecular flexibility index (Phi) is 4.67. The lowest BCUT2D eigenvalue weighted by molar-refractivity contribution is -0.0975. The predicted molar refractivity (Wildman–Crippen MR) is 87.8 cm³/mol. The number of nitrogens with two attached hydrogens (primary N) is 1. The van der Waals surface area contributed by atoms with Gasteiger partial charge in [-0.2, -0.15) is 0 Å². The van der Waals surface area contributed by atoms with E-state index in [2.05, 4.69) is 19.2 Å². The maximum absolute atomic E-state index is 5.97. The second kappa shape index (κ2) is 6.14. The molecule has 1 fully saturated rings. The highest BCUT2D eigenvalue weighted by Gasteiger charge is 2.48. The van der Waals surface area contributed by atoms with Gasteiger partial charge in [-0.3, -0.25) is 0 Å². The molecule has 2 unspecified atom stereocenters. The molecular weight excluding hydrogens is 264 g/mol. The normalized spacial score (nSPS) is 23.7. The molecule has 21 heavy (non-hydrogen) atoms. The van der Waals surface area contributed by atoms with Crippen molar-refractivity contribution in [3.63, 3.8) is 0 Å². The highest BCUT2D eigenvalue weighted by molar-refractivity contribution is 5.60. The number of hydrogen-bond donors (Lipinski definition) is 2. The summed E-state index contributed by atoms with van der Waals surface area (Å²) in [6.45, 7) is 11.3. The first-order valence-electron chi connectivity index (χ1n) is 7.78. The van der Waals surface area contributed by atoms with Crippen LogP contribution < -0.4 is 15.8 Å². The number of benzene rings is 1. The third-order valence-electron chi connectivity index (χ3n) is 4.19. The molecule has 1 aliphatic carbocycles. The molecule has 4 nitrogen and oxygen atoms in total. The fraction of sp³-hybridized carbons (Fsp3) is 0.647. The van der Waals surface area contributed by atoms with E-state index in [0.29, 0.717) is 17.8 Å². The van der Waals surface area contributed by atoms with Crippen molar-refractivity contribution in [2.75, 3.05) is 17.7 Å². The van der Waals surface area contributed by atoms with Gasteiger partial charge in [-0.05, 0) is 33.3 Å². The summed E-state index contributed by atoms with van der Waals surface area (Å²) in [5.74, 6) is 0.811. The summed E-state index contributed by atoms with van der Waals surface area (Å²) in [5, 5.41) is 3.57. The summed E-state index contributed by atoms with van der Waals surface area (Å²) >= 11 is 0. The molecule has 0 bridgehead atoms. The van der Waals surface area contributed by atoms with Crippen molar-refractivity contribution in [3.8, 4) is 5.75 Å². The summed E-state index contributed by atoms with van der Waals surface area (Å²) in [6.07, 6.45) is 1.49. The van der Waals surface area contributed by atoms with Crippen LogP contribution in [0.5, 0.6) is 5.75 Å². The molecule has 1 aromatic rings. The molecule has 0 aliphatic heterocycles. The Labute approximate surface area is 128 Å².